The lowest BCUT2D eigenvalue weighted by Crippen LogP contribution is -2.34. The van der Waals surface area contributed by atoms with Gasteiger partial charge in [0.25, 0.3) is 0 Å². The fourth-order valence-corrected chi connectivity index (χ4v) is 2.68. The van der Waals surface area contributed by atoms with Gasteiger partial charge in [0.2, 0.25) is 0 Å². The first-order valence-electron chi connectivity index (χ1n) is 7.48. The molecule has 3 rings (SSSR count). The van der Waals surface area contributed by atoms with Crippen LogP contribution in [-0.2, 0) is 16.2 Å². The highest BCUT2D eigenvalue weighted by molar-refractivity contribution is 5.73. The van der Waals surface area contributed by atoms with Crippen LogP contribution in [0.4, 0.5) is 0 Å². The standard InChI is InChI=1S/C19H19NO2/c1-15-12-18(17-10-6-3-7-11-17)20(19(15)13-21)22-14-16-8-4-2-5-9-16/h2-13,15,19H,14H2,1H3. The van der Waals surface area contributed by atoms with Crippen molar-refractivity contribution in [1.82, 2.24) is 5.06 Å². The topological polar surface area (TPSA) is 29.5 Å². The third-order valence-corrected chi connectivity index (χ3v) is 3.89. The third-order valence-electron chi connectivity index (χ3n) is 3.89. The lowest BCUT2D eigenvalue weighted by Gasteiger charge is -2.27. The molecule has 3 nitrogen and oxygen atoms in total. The molecular weight excluding hydrogens is 274 g/mol. The summed E-state index contributed by atoms with van der Waals surface area (Å²) in [7, 11) is 0. The van der Waals surface area contributed by atoms with Crippen molar-refractivity contribution < 1.29 is 9.63 Å². The quantitative estimate of drug-likeness (QED) is 0.788. The Labute approximate surface area is 130 Å². The van der Waals surface area contributed by atoms with Gasteiger partial charge >= 0.3 is 0 Å². The minimum atomic E-state index is -0.279. The summed E-state index contributed by atoms with van der Waals surface area (Å²) in [6.45, 7) is 2.48. The largest absolute Gasteiger partial charge is 0.301 e. The Balaban J connectivity index is 1.82. The highest BCUT2D eigenvalue weighted by Gasteiger charge is 2.33. The van der Waals surface area contributed by atoms with Crippen LogP contribution in [0.3, 0.4) is 0 Å². The van der Waals surface area contributed by atoms with Crippen molar-refractivity contribution >= 4 is 12.0 Å². The van der Waals surface area contributed by atoms with Crippen molar-refractivity contribution in [2.24, 2.45) is 5.92 Å². The van der Waals surface area contributed by atoms with E-state index in [2.05, 4.69) is 6.08 Å². The fraction of sp³-hybridized carbons (Fsp3) is 0.211. The van der Waals surface area contributed by atoms with E-state index in [0.29, 0.717) is 6.61 Å². The molecule has 0 N–H and O–H groups in total. The molecule has 2 unspecified atom stereocenters. The molecule has 22 heavy (non-hydrogen) atoms. The van der Waals surface area contributed by atoms with Gasteiger partial charge in [-0.1, -0.05) is 73.7 Å². The molecule has 1 heterocycles. The van der Waals surface area contributed by atoms with Crippen LogP contribution in [0.15, 0.2) is 66.7 Å². The first kappa shape index (κ1) is 14.5. The Morgan fingerprint density at radius 1 is 1.05 bits per heavy atom. The van der Waals surface area contributed by atoms with E-state index in [1.54, 1.807) is 5.06 Å². The smallest absolute Gasteiger partial charge is 0.145 e. The molecule has 112 valence electrons. The Hall–Kier alpha value is -2.39. The Morgan fingerprint density at radius 2 is 1.68 bits per heavy atom. The first-order chi connectivity index (χ1) is 10.8. The van der Waals surface area contributed by atoms with Gasteiger partial charge in [-0.25, -0.2) is 5.06 Å². The van der Waals surface area contributed by atoms with Crippen LogP contribution in [0.25, 0.3) is 5.70 Å². The molecule has 0 aromatic heterocycles. The fourth-order valence-electron chi connectivity index (χ4n) is 2.68. The zero-order chi connectivity index (χ0) is 15.4. The summed E-state index contributed by atoms with van der Waals surface area (Å²) in [5.74, 6) is 0.128. The number of aldehydes is 1. The van der Waals surface area contributed by atoms with E-state index in [9.17, 15) is 4.79 Å². The number of benzene rings is 2. The predicted molar refractivity (Wildman–Crippen MR) is 86.5 cm³/mol. The molecule has 2 aromatic carbocycles. The summed E-state index contributed by atoms with van der Waals surface area (Å²) in [5, 5.41) is 1.75. The van der Waals surface area contributed by atoms with Crippen molar-refractivity contribution in [3.63, 3.8) is 0 Å². The van der Waals surface area contributed by atoms with Crippen LogP contribution >= 0.6 is 0 Å². The first-order valence-corrected chi connectivity index (χ1v) is 7.48. The summed E-state index contributed by atoms with van der Waals surface area (Å²) in [6.07, 6.45) is 3.06. The molecule has 2 atom stereocenters. The third kappa shape index (κ3) is 2.95. The van der Waals surface area contributed by atoms with E-state index in [-0.39, 0.29) is 12.0 Å². The second-order valence-corrected chi connectivity index (χ2v) is 5.49. The van der Waals surface area contributed by atoms with E-state index < -0.39 is 0 Å². The van der Waals surface area contributed by atoms with Crippen molar-refractivity contribution in [2.75, 3.05) is 0 Å². The summed E-state index contributed by atoms with van der Waals surface area (Å²) < 4.78 is 0. The lowest BCUT2D eigenvalue weighted by molar-refractivity contribution is -0.155. The lowest BCUT2D eigenvalue weighted by atomic mass is 10.1. The molecule has 2 aromatic rings. The number of carbonyl (C=O) groups excluding carboxylic acids is 1. The maximum atomic E-state index is 11.5. The monoisotopic (exact) mass is 293 g/mol. The molecule has 0 fully saturated rings. The van der Waals surface area contributed by atoms with Gasteiger partial charge in [0, 0.05) is 5.92 Å². The number of rotatable bonds is 5. The van der Waals surface area contributed by atoms with Crippen molar-refractivity contribution in [3.05, 3.63) is 77.9 Å². The zero-order valence-corrected chi connectivity index (χ0v) is 12.6. The maximum Gasteiger partial charge on any atom is 0.145 e. The van der Waals surface area contributed by atoms with Crippen molar-refractivity contribution in [2.45, 2.75) is 19.6 Å². The number of carbonyl (C=O) groups is 1. The number of hydrogen-bond donors (Lipinski definition) is 0. The van der Waals surface area contributed by atoms with Crippen LogP contribution in [0, 0.1) is 5.92 Å². The van der Waals surface area contributed by atoms with Crippen LogP contribution < -0.4 is 0 Å². The molecule has 0 saturated carbocycles. The molecule has 0 saturated heterocycles. The SMILES string of the molecule is CC1C=C(c2ccccc2)N(OCc2ccccc2)C1C=O. The highest BCUT2D eigenvalue weighted by atomic mass is 16.7. The van der Waals surface area contributed by atoms with Crippen molar-refractivity contribution in [3.8, 4) is 0 Å². The normalized spacial score (nSPS) is 20.8. The van der Waals surface area contributed by atoms with E-state index in [4.69, 9.17) is 4.84 Å². The van der Waals surface area contributed by atoms with Crippen molar-refractivity contribution in [1.29, 1.82) is 0 Å². The van der Waals surface area contributed by atoms with Gasteiger partial charge in [0.05, 0.1) is 12.3 Å². The van der Waals surface area contributed by atoms with Crippen LogP contribution in [0.5, 0.6) is 0 Å². The van der Waals surface area contributed by atoms with Gasteiger partial charge in [0.1, 0.15) is 12.3 Å². The van der Waals surface area contributed by atoms with Gasteiger partial charge in [-0.15, -0.1) is 0 Å². The van der Waals surface area contributed by atoms with E-state index >= 15 is 0 Å². The predicted octanol–water partition coefficient (Wildman–Crippen LogP) is 3.68. The average Bonchev–Trinajstić information content (AvgIpc) is 2.90. The highest BCUT2D eigenvalue weighted by Crippen LogP contribution is 2.33. The average molecular weight is 293 g/mol. The van der Waals surface area contributed by atoms with Gasteiger partial charge in [-0.3, -0.25) is 4.84 Å². The molecule has 0 radical (unpaired) electrons. The molecule has 1 aliphatic rings. The molecular formula is C19H19NO2. The molecule has 0 bridgehead atoms. The second-order valence-electron chi connectivity index (χ2n) is 5.49. The molecule has 0 aliphatic carbocycles. The van der Waals surface area contributed by atoms with Crippen LogP contribution in [0.1, 0.15) is 18.1 Å². The number of hydroxylamine groups is 2. The van der Waals surface area contributed by atoms with Gasteiger partial charge in [-0.05, 0) is 11.1 Å². The zero-order valence-electron chi connectivity index (χ0n) is 12.6. The minimum Gasteiger partial charge on any atom is -0.301 e. The Kier molecular flexibility index (Phi) is 4.35. The van der Waals surface area contributed by atoms with E-state index in [1.807, 2.05) is 67.6 Å². The minimum absolute atomic E-state index is 0.128. The molecule has 3 heteroatoms. The van der Waals surface area contributed by atoms with Gasteiger partial charge in [-0.2, -0.15) is 0 Å². The van der Waals surface area contributed by atoms with E-state index in [0.717, 1.165) is 23.1 Å². The number of hydrogen-bond acceptors (Lipinski definition) is 3. The molecule has 1 aliphatic heterocycles. The Bertz CT molecular complexity index is 652. The summed E-state index contributed by atoms with van der Waals surface area (Å²) in [4.78, 5) is 17.4. The second kappa shape index (κ2) is 6.58. The number of nitrogens with zero attached hydrogens (tertiary/aromatic N) is 1. The summed E-state index contributed by atoms with van der Waals surface area (Å²) in [5.41, 5.74) is 3.10. The maximum absolute atomic E-state index is 11.5. The van der Waals surface area contributed by atoms with Crippen LogP contribution in [-0.4, -0.2) is 17.4 Å². The van der Waals surface area contributed by atoms with E-state index in [1.165, 1.54) is 0 Å². The Morgan fingerprint density at radius 3 is 2.32 bits per heavy atom. The summed E-state index contributed by atoms with van der Waals surface area (Å²) >= 11 is 0. The summed E-state index contributed by atoms with van der Waals surface area (Å²) in [6, 6.07) is 19.7. The molecule has 0 spiro atoms. The van der Waals surface area contributed by atoms with Gasteiger partial charge in [0.15, 0.2) is 0 Å². The molecule has 0 amide bonds. The van der Waals surface area contributed by atoms with Crippen LogP contribution in [0.2, 0.25) is 0 Å². The van der Waals surface area contributed by atoms with Gasteiger partial charge < -0.3 is 4.79 Å².